The Morgan fingerprint density at radius 1 is 1.39 bits per heavy atom. The van der Waals surface area contributed by atoms with Gasteiger partial charge >= 0.3 is 12.1 Å². The molecular formula is C18H29F3N4O3. The fourth-order valence-electron chi connectivity index (χ4n) is 4.10. The van der Waals surface area contributed by atoms with Crippen LogP contribution in [0.25, 0.3) is 0 Å². The number of hydrogen-bond donors (Lipinski definition) is 2. The summed E-state index contributed by atoms with van der Waals surface area (Å²) < 4.78 is 38.8. The summed E-state index contributed by atoms with van der Waals surface area (Å²) in [5.41, 5.74) is 1.15. The van der Waals surface area contributed by atoms with Gasteiger partial charge in [0.1, 0.15) is 0 Å². The lowest BCUT2D eigenvalue weighted by molar-refractivity contribution is -0.192. The first kappa shape index (κ1) is 22.5. The van der Waals surface area contributed by atoms with E-state index in [1.807, 2.05) is 17.9 Å². The topological polar surface area (TPSA) is 79.6 Å². The zero-order valence-electron chi connectivity index (χ0n) is 16.3. The van der Waals surface area contributed by atoms with Gasteiger partial charge in [-0.15, -0.1) is 0 Å². The molecule has 0 amide bonds. The smallest absolute Gasteiger partial charge is 0.475 e. The van der Waals surface area contributed by atoms with Crippen molar-refractivity contribution < 1.29 is 27.8 Å². The van der Waals surface area contributed by atoms with Gasteiger partial charge in [0.05, 0.1) is 18.5 Å². The van der Waals surface area contributed by atoms with Gasteiger partial charge in [-0.25, -0.2) is 4.79 Å². The van der Waals surface area contributed by atoms with Gasteiger partial charge in [0.15, 0.2) is 0 Å². The number of rotatable bonds is 6. The number of ether oxygens (including phenoxy) is 1. The second kappa shape index (κ2) is 10.1. The third-order valence-corrected chi connectivity index (χ3v) is 5.45. The van der Waals surface area contributed by atoms with E-state index in [-0.39, 0.29) is 0 Å². The van der Waals surface area contributed by atoms with Gasteiger partial charge in [0.2, 0.25) is 0 Å². The first-order chi connectivity index (χ1) is 13.2. The van der Waals surface area contributed by atoms with Crippen molar-refractivity contribution in [2.45, 2.75) is 25.4 Å². The van der Waals surface area contributed by atoms with Crippen LogP contribution in [-0.4, -0.2) is 71.8 Å². The summed E-state index contributed by atoms with van der Waals surface area (Å²) in [4.78, 5) is 11.5. The molecule has 0 aromatic carbocycles. The molecule has 0 unspecified atom stereocenters. The van der Waals surface area contributed by atoms with Crippen LogP contribution in [-0.2, 0) is 16.6 Å². The molecule has 2 N–H and O–H groups in total. The van der Waals surface area contributed by atoms with Crippen LogP contribution >= 0.6 is 0 Å². The molecule has 3 rings (SSSR count). The van der Waals surface area contributed by atoms with Gasteiger partial charge < -0.3 is 20.1 Å². The molecule has 2 heterocycles. The van der Waals surface area contributed by atoms with Crippen molar-refractivity contribution in [3.8, 4) is 0 Å². The molecule has 2 aliphatic rings. The number of carboxylic acid groups (broad SMARTS) is 1. The number of hydrogen-bond acceptors (Lipinski definition) is 5. The molecule has 0 bridgehead atoms. The summed E-state index contributed by atoms with van der Waals surface area (Å²) in [6.45, 7) is 5.57. The number of nitrogens with zero attached hydrogens (tertiary/aromatic N) is 3. The second-order valence-electron chi connectivity index (χ2n) is 7.45. The fraction of sp³-hybridized carbons (Fsp3) is 0.778. The number of fused-ring (bicyclic) bond motifs is 1. The molecule has 10 heteroatoms. The third kappa shape index (κ3) is 6.66. The molecule has 28 heavy (non-hydrogen) atoms. The van der Waals surface area contributed by atoms with E-state index in [0.29, 0.717) is 0 Å². The predicted octanol–water partition coefficient (Wildman–Crippen LogP) is 2.46. The molecule has 0 radical (unpaired) electrons. The molecular weight excluding hydrogens is 377 g/mol. The summed E-state index contributed by atoms with van der Waals surface area (Å²) in [6.07, 6.45) is 3.06. The molecule has 7 nitrogen and oxygen atoms in total. The molecule has 2 fully saturated rings. The minimum atomic E-state index is -5.08. The Balaban J connectivity index is 0.000000345. The molecule has 1 aromatic rings. The summed E-state index contributed by atoms with van der Waals surface area (Å²) in [6, 6.07) is 0. The Kier molecular flexibility index (Phi) is 8.11. The SMILES string of the molecule is COCCN1C[C@H]2CCC[C@@H](CNc3cnn(C)c3)[C@H]2C1.O=C(O)C(F)(F)F. The molecule has 1 saturated heterocycles. The number of methoxy groups -OCH3 is 1. The maximum atomic E-state index is 10.6. The summed E-state index contributed by atoms with van der Waals surface area (Å²) in [5.74, 6) is -0.194. The zero-order chi connectivity index (χ0) is 20.7. The van der Waals surface area contributed by atoms with Crippen LogP contribution in [0.15, 0.2) is 12.4 Å². The van der Waals surface area contributed by atoms with Crippen LogP contribution < -0.4 is 5.32 Å². The number of anilines is 1. The zero-order valence-corrected chi connectivity index (χ0v) is 16.3. The molecule has 1 aliphatic carbocycles. The highest BCUT2D eigenvalue weighted by atomic mass is 19.4. The average Bonchev–Trinajstić information content (AvgIpc) is 3.23. The van der Waals surface area contributed by atoms with E-state index in [0.717, 1.165) is 43.1 Å². The van der Waals surface area contributed by atoms with Crippen LogP contribution in [0.3, 0.4) is 0 Å². The molecule has 0 spiro atoms. The number of aliphatic carboxylic acids is 1. The van der Waals surface area contributed by atoms with Crippen LogP contribution in [0.1, 0.15) is 19.3 Å². The van der Waals surface area contributed by atoms with Crippen molar-refractivity contribution >= 4 is 11.7 Å². The average molecular weight is 406 g/mol. The lowest BCUT2D eigenvalue weighted by atomic mass is 9.74. The number of aromatic nitrogens is 2. The van der Waals surface area contributed by atoms with Gasteiger partial charge in [0.25, 0.3) is 0 Å². The van der Waals surface area contributed by atoms with Crippen molar-refractivity contribution in [2.75, 3.05) is 45.2 Å². The number of likely N-dealkylation sites (tertiary alicyclic amines) is 1. The molecule has 1 saturated carbocycles. The first-order valence-electron chi connectivity index (χ1n) is 9.44. The van der Waals surface area contributed by atoms with Gasteiger partial charge in [-0.2, -0.15) is 18.3 Å². The van der Waals surface area contributed by atoms with Crippen molar-refractivity contribution in [3.05, 3.63) is 12.4 Å². The normalized spacial score (nSPS) is 25.0. The predicted molar refractivity (Wildman–Crippen MR) is 98.0 cm³/mol. The number of alkyl halides is 3. The molecule has 3 atom stereocenters. The molecule has 160 valence electrons. The van der Waals surface area contributed by atoms with Gasteiger partial charge in [-0.3, -0.25) is 4.68 Å². The van der Waals surface area contributed by atoms with E-state index in [1.54, 1.807) is 7.11 Å². The van der Waals surface area contributed by atoms with E-state index in [4.69, 9.17) is 14.6 Å². The highest BCUT2D eigenvalue weighted by Crippen LogP contribution is 2.40. The lowest BCUT2D eigenvalue weighted by Crippen LogP contribution is -2.32. The van der Waals surface area contributed by atoms with E-state index in [9.17, 15) is 13.2 Å². The van der Waals surface area contributed by atoms with E-state index in [2.05, 4.69) is 21.5 Å². The number of aryl methyl sites for hydroxylation is 1. The maximum absolute atomic E-state index is 10.6. The second-order valence-corrected chi connectivity index (χ2v) is 7.45. The van der Waals surface area contributed by atoms with Crippen molar-refractivity contribution in [1.29, 1.82) is 0 Å². The van der Waals surface area contributed by atoms with Crippen LogP contribution in [0.4, 0.5) is 18.9 Å². The highest BCUT2D eigenvalue weighted by Gasteiger charge is 2.40. The number of nitrogens with one attached hydrogen (secondary N) is 1. The van der Waals surface area contributed by atoms with E-state index < -0.39 is 12.1 Å². The minimum absolute atomic E-state index is 0.802. The Labute approximate surface area is 162 Å². The monoisotopic (exact) mass is 406 g/mol. The Morgan fingerprint density at radius 3 is 2.68 bits per heavy atom. The van der Waals surface area contributed by atoms with E-state index >= 15 is 0 Å². The largest absolute Gasteiger partial charge is 0.490 e. The number of carboxylic acids is 1. The van der Waals surface area contributed by atoms with E-state index in [1.165, 1.54) is 32.4 Å². The van der Waals surface area contributed by atoms with Crippen molar-refractivity contribution in [2.24, 2.45) is 24.8 Å². The van der Waals surface area contributed by atoms with Crippen LogP contribution in [0.2, 0.25) is 0 Å². The molecule has 1 aliphatic heterocycles. The summed E-state index contributed by atoms with van der Waals surface area (Å²) in [7, 11) is 3.76. The van der Waals surface area contributed by atoms with Crippen LogP contribution in [0, 0.1) is 17.8 Å². The van der Waals surface area contributed by atoms with Crippen LogP contribution in [0.5, 0.6) is 0 Å². The van der Waals surface area contributed by atoms with Crippen molar-refractivity contribution in [1.82, 2.24) is 14.7 Å². The highest BCUT2D eigenvalue weighted by molar-refractivity contribution is 5.73. The van der Waals surface area contributed by atoms with Crippen molar-refractivity contribution in [3.63, 3.8) is 0 Å². The van der Waals surface area contributed by atoms with Gasteiger partial charge in [0, 0.05) is 46.5 Å². The summed E-state index contributed by atoms with van der Waals surface area (Å²) in [5, 5.41) is 14.9. The fourth-order valence-corrected chi connectivity index (χ4v) is 4.10. The quantitative estimate of drug-likeness (QED) is 0.756. The number of halogens is 3. The minimum Gasteiger partial charge on any atom is -0.475 e. The Bertz CT molecular complexity index is 623. The molecule has 1 aromatic heterocycles. The van der Waals surface area contributed by atoms with Gasteiger partial charge in [-0.05, 0) is 30.6 Å². The third-order valence-electron chi connectivity index (χ3n) is 5.45. The standard InChI is InChI=1S/C16H28N4O.C2HF3O2/c1-19-11-15(9-18-19)17-8-13-4-3-5-14-10-20(6-7-21-2)12-16(13)14;3-2(4,5)1(6)7/h9,11,13-14,16-17H,3-8,10,12H2,1-2H3;(H,6,7)/t13-,14+,16+;/m0./s1. The Hall–Kier alpha value is -1.81. The maximum Gasteiger partial charge on any atom is 0.490 e. The summed E-state index contributed by atoms with van der Waals surface area (Å²) >= 11 is 0. The Morgan fingerprint density at radius 2 is 2.11 bits per heavy atom. The first-order valence-corrected chi connectivity index (χ1v) is 9.44. The lowest BCUT2D eigenvalue weighted by Gasteiger charge is -2.33. The van der Waals surface area contributed by atoms with Gasteiger partial charge in [-0.1, -0.05) is 6.42 Å². The number of carbonyl (C=O) groups is 1.